The summed E-state index contributed by atoms with van der Waals surface area (Å²) in [5.41, 5.74) is -0.426. The van der Waals surface area contributed by atoms with Crippen LogP contribution in [0.25, 0.3) is 0 Å². The van der Waals surface area contributed by atoms with Gasteiger partial charge in [0.25, 0.3) is 5.24 Å². The highest BCUT2D eigenvalue weighted by Crippen LogP contribution is 2.15. The van der Waals surface area contributed by atoms with Gasteiger partial charge < -0.3 is 4.74 Å². The molecule has 1 rings (SSSR count). The Morgan fingerprint density at radius 2 is 2.08 bits per heavy atom. The lowest BCUT2D eigenvalue weighted by Gasteiger charge is -2.04. The zero-order valence-corrected chi connectivity index (χ0v) is 6.83. The molecule has 7 heteroatoms. The quantitative estimate of drug-likeness (QED) is 0.706. The van der Waals surface area contributed by atoms with Crippen molar-refractivity contribution in [2.45, 2.75) is 6.61 Å². The second kappa shape index (κ2) is 4.08. The van der Waals surface area contributed by atoms with Gasteiger partial charge in [0.15, 0.2) is 5.69 Å². The first kappa shape index (κ1) is 9.79. The van der Waals surface area contributed by atoms with Crippen LogP contribution >= 0.6 is 11.6 Å². The van der Waals surface area contributed by atoms with Gasteiger partial charge >= 0.3 is 6.61 Å². The molecule has 0 radical (unpaired) electrons. The molecule has 13 heavy (non-hydrogen) atoms. The summed E-state index contributed by atoms with van der Waals surface area (Å²) in [5, 5.41) is -0.997. The molecule has 0 fully saturated rings. The third kappa shape index (κ3) is 2.59. The van der Waals surface area contributed by atoms with Crippen LogP contribution in [0, 0.1) is 0 Å². The predicted octanol–water partition coefficient (Wildman–Crippen LogP) is 1.46. The van der Waals surface area contributed by atoms with Gasteiger partial charge in [0.1, 0.15) is 0 Å². The Morgan fingerprint density at radius 1 is 1.46 bits per heavy atom. The van der Waals surface area contributed by atoms with Crippen LogP contribution in [0.4, 0.5) is 8.78 Å². The topological polar surface area (TPSA) is 52.1 Å². The lowest BCUT2D eigenvalue weighted by Crippen LogP contribution is -2.08. The van der Waals surface area contributed by atoms with Crippen LogP contribution in [0.5, 0.6) is 5.88 Å². The molecule has 0 unspecified atom stereocenters. The summed E-state index contributed by atoms with van der Waals surface area (Å²) in [6.45, 7) is -3.06. The van der Waals surface area contributed by atoms with Crippen LogP contribution in [0.2, 0.25) is 0 Å². The van der Waals surface area contributed by atoms with Crippen LogP contribution in [0.1, 0.15) is 10.5 Å². The van der Waals surface area contributed by atoms with E-state index in [4.69, 9.17) is 11.6 Å². The van der Waals surface area contributed by atoms with Crippen molar-refractivity contribution in [2.75, 3.05) is 0 Å². The second-order valence-electron chi connectivity index (χ2n) is 1.86. The third-order valence-electron chi connectivity index (χ3n) is 1.05. The van der Waals surface area contributed by atoms with Gasteiger partial charge in [-0.1, -0.05) is 0 Å². The average Bonchev–Trinajstić information content (AvgIpc) is 2.03. The molecule has 0 amide bonds. The van der Waals surface area contributed by atoms with Crippen LogP contribution < -0.4 is 4.74 Å². The highest BCUT2D eigenvalue weighted by atomic mass is 35.5. The van der Waals surface area contributed by atoms with Crippen LogP contribution in [0.15, 0.2) is 12.4 Å². The number of carbonyl (C=O) groups is 1. The molecule has 0 aliphatic carbocycles. The maximum atomic E-state index is 11.7. The largest absolute Gasteiger partial charge is 0.414 e. The summed E-state index contributed by atoms with van der Waals surface area (Å²) in [5.74, 6) is -0.572. The molecule has 0 aliphatic heterocycles. The summed E-state index contributed by atoms with van der Waals surface area (Å²) >= 11 is 5.03. The average molecular weight is 209 g/mol. The lowest BCUT2D eigenvalue weighted by atomic mass is 10.5. The van der Waals surface area contributed by atoms with Gasteiger partial charge in [-0.25, -0.2) is 9.97 Å². The molecule has 0 N–H and O–H groups in total. The van der Waals surface area contributed by atoms with Crippen molar-refractivity contribution in [1.29, 1.82) is 0 Å². The van der Waals surface area contributed by atoms with Crippen LogP contribution in [0.3, 0.4) is 0 Å². The van der Waals surface area contributed by atoms with Crippen molar-refractivity contribution in [3.63, 3.8) is 0 Å². The minimum Gasteiger partial charge on any atom is -0.414 e. The van der Waals surface area contributed by atoms with Gasteiger partial charge in [-0.2, -0.15) is 8.78 Å². The van der Waals surface area contributed by atoms with Gasteiger partial charge in [-0.05, 0) is 11.6 Å². The van der Waals surface area contributed by atoms with Crippen molar-refractivity contribution in [3.05, 3.63) is 18.1 Å². The Bertz CT molecular complexity index is 321. The Kier molecular flexibility index (Phi) is 3.07. The lowest BCUT2D eigenvalue weighted by molar-refractivity contribution is -0.0534. The van der Waals surface area contributed by atoms with Crippen molar-refractivity contribution in [1.82, 2.24) is 9.97 Å². The molecule has 0 saturated carbocycles. The smallest absolute Gasteiger partial charge is 0.388 e. The van der Waals surface area contributed by atoms with E-state index in [9.17, 15) is 13.6 Å². The summed E-state index contributed by atoms with van der Waals surface area (Å²) in [4.78, 5) is 17.4. The SMILES string of the molecule is O=C(Cl)c1nccnc1OC(F)F. The number of ether oxygens (including phenoxy) is 1. The van der Waals surface area contributed by atoms with Gasteiger partial charge in [0.2, 0.25) is 5.88 Å². The number of carbonyl (C=O) groups excluding carboxylic acids is 1. The summed E-state index contributed by atoms with van der Waals surface area (Å²) in [6.07, 6.45) is 2.26. The van der Waals surface area contributed by atoms with E-state index in [0.717, 1.165) is 12.4 Å². The number of rotatable bonds is 3. The number of hydrogen-bond donors (Lipinski definition) is 0. The minimum atomic E-state index is -3.06. The summed E-state index contributed by atoms with van der Waals surface area (Å²) < 4.78 is 27.3. The minimum absolute atomic E-state index is 0.426. The normalized spacial score (nSPS) is 10.2. The summed E-state index contributed by atoms with van der Waals surface area (Å²) in [6, 6.07) is 0. The Balaban J connectivity index is 2.98. The first-order chi connectivity index (χ1) is 6.11. The zero-order valence-electron chi connectivity index (χ0n) is 6.08. The first-order valence-electron chi connectivity index (χ1n) is 3.07. The highest BCUT2D eigenvalue weighted by Gasteiger charge is 2.16. The van der Waals surface area contributed by atoms with Gasteiger partial charge in [-0.3, -0.25) is 4.79 Å². The monoisotopic (exact) mass is 208 g/mol. The van der Waals surface area contributed by atoms with E-state index in [1.54, 1.807) is 0 Å². The van der Waals surface area contributed by atoms with E-state index in [0.29, 0.717) is 0 Å². The molecule has 0 saturated heterocycles. The number of halogens is 3. The van der Waals surface area contributed by atoms with Crippen LogP contribution in [-0.4, -0.2) is 21.8 Å². The molecule has 0 bridgehead atoms. The Hall–Kier alpha value is -1.30. The molecule has 0 atom stereocenters. The molecule has 4 nitrogen and oxygen atoms in total. The molecular weight excluding hydrogens is 206 g/mol. The van der Waals surface area contributed by atoms with E-state index >= 15 is 0 Å². The number of nitrogens with zero attached hydrogens (tertiary/aromatic N) is 2. The van der Waals surface area contributed by atoms with Crippen LogP contribution in [-0.2, 0) is 0 Å². The Labute approximate surface area is 76.5 Å². The highest BCUT2D eigenvalue weighted by molar-refractivity contribution is 6.67. The summed E-state index contributed by atoms with van der Waals surface area (Å²) in [7, 11) is 0. The van der Waals surface area contributed by atoms with Crippen molar-refractivity contribution in [2.24, 2.45) is 0 Å². The van der Waals surface area contributed by atoms with Gasteiger partial charge in [-0.15, -0.1) is 0 Å². The van der Waals surface area contributed by atoms with Crippen molar-refractivity contribution >= 4 is 16.8 Å². The zero-order chi connectivity index (χ0) is 9.84. The molecule has 1 heterocycles. The number of aromatic nitrogens is 2. The predicted molar refractivity (Wildman–Crippen MR) is 38.8 cm³/mol. The standard InChI is InChI=1S/C6H3ClF2N2O2/c7-4(12)3-5(13-6(8)9)11-2-1-10-3/h1-2,6H. The van der Waals surface area contributed by atoms with Gasteiger partial charge in [0, 0.05) is 12.4 Å². The third-order valence-corrected chi connectivity index (χ3v) is 1.23. The number of alkyl halides is 2. The van der Waals surface area contributed by atoms with E-state index in [-0.39, 0.29) is 0 Å². The molecule has 70 valence electrons. The maximum Gasteiger partial charge on any atom is 0.388 e. The van der Waals surface area contributed by atoms with E-state index < -0.39 is 23.4 Å². The van der Waals surface area contributed by atoms with E-state index in [1.165, 1.54) is 0 Å². The molecule has 1 aromatic heterocycles. The molecule has 1 aromatic rings. The second-order valence-corrected chi connectivity index (χ2v) is 2.21. The fourth-order valence-electron chi connectivity index (χ4n) is 0.631. The fourth-order valence-corrected chi connectivity index (χ4v) is 0.760. The van der Waals surface area contributed by atoms with E-state index in [2.05, 4.69) is 14.7 Å². The molecule has 0 spiro atoms. The maximum absolute atomic E-state index is 11.7. The Morgan fingerprint density at radius 3 is 2.62 bits per heavy atom. The fraction of sp³-hybridized carbons (Fsp3) is 0.167. The molecule has 0 aromatic carbocycles. The number of hydrogen-bond acceptors (Lipinski definition) is 4. The van der Waals surface area contributed by atoms with Gasteiger partial charge in [0.05, 0.1) is 0 Å². The van der Waals surface area contributed by atoms with Crippen molar-refractivity contribution < 1.29 is 18.3 Å². The first-order valence-corrected chi connectivity index (χ1v) is 3.44. The molecular formula is C6H3ClF2N2O2. The van der Waals surface area contributed by atoms with Crippen molar-refractivity contribution in [3.8, 4) is 5.88 Å². The van der Waals surface area contributed by atoms with E-state index in [1.807, 2.05) is 0 Å². The molecule has 0 aliphatic rings.